The molecule has 0 aliphatic rings. The first-order valence-electron chi connectivity index (χ1n) is 11.5. The standard InChI is InChI=1S/C26H28FN5O5/c1-6-18(19-13-29-32(21(19)8-3)17-11-9-16(27)10-12-17)24(34)30-20(7-2)26-31-23(15(4)37-26)25(35)28-14-22(33)36-5/h6,8-13,20H,3,7,14H2,1-2,4-5H3,(H,28,35)(H,30,34)/b18-6+. The van der Waals surface area contributed by atoms with Crippen LogP contribution >= 0.6 is 0 Å². The molecule has 0 aliphatic heterocycles. The minimum absolute atomic E-state index is 0.00683. The SMILES string of the molecule is C=Cc1c(/C(=C\C)C(=O)NC(CC)c2nc(C(=O)NCC(=O)OC)c(C)o2)cnn1-c1ccc(F)cc1. The van der Waals surface area contributed by atoms with Gasteiger partial charge in [0.1, 0.15) is 24.2 Å². The number of aryl methyl sites for hydroxylation is 1. The first kappa shape index (κ1) is 27.1. The Labute approximate surface area is 213 Å². The van der Waals surface area contributed by atoms with Gasteiger partial charge >= 0.3 is 5.97 Å². The molecule has 3 rings (SSSR count). The van der Waals surface area contributed by atoms with Crippen LogP contribution in [0.15, 0.2) is 47.5 Å². The van der Waals surface area contributed by atoms with Crippen molar-refractivity contribution < 1.29 is 27.9 Å². The summed E-state index contributed by atoms with van der Waals surface area (Å²) in [6, 6.07) is 5.15. The van der Waals surface area contributed by atoms with E-state index >= 15 is 0 Å². The van der Waals surface area contributed by atoms with Crippen LogP contribution in [0.3, 0.4) is 0 Å². The highest BCUT2D eigenvalue weighted by atomic mass is 19.1. The van der Waals surface area contributed by atoms with E-state index in [2.05, 4.69) is 32.0 Å². The lowest BCUT2D eigenvalue weighted by molar-refractivity contribution is -0.139. The lowest BCUT2D eigenvalue weighted by Gasteiger charge is -2.15. The number of oxazole rings is 1. The van der Waals surface area contributed by atoms with E-state index in [0.717, 1.165) is 0 Å². The average molecular weight is 510 g/mol. The number of nitrogens with one attached hydrogen (secondary N) is 2. The summed E-state index contributed by atoms with van der Waals surface area (Å²) in [5.74, 6) is -1.60. The third-order valence-electron chi connectivity index (χ3n) is 5.56. The van der Waals surface area contributed by atoms with Crippen molar-refractivity contribution in [3.05, 3.63) is 77.5 Å². The summed E-state index contributed by atoms with van der Waals surface area (Å²) in [4.78, 5) is 41.3. The number of rotatable bonds is 10. The Hall–Kier alpha value is -4.54. The zero-order valence-corrected chi connectivity index (χ0v) is 21.0. The largest absolute Gasteiger partial charge is 0.468 e. The summed E-state index contributed by atoms with van der Waals surface area (Å²) in [6.07, 6.45) is 5.17. The molecule has 0 saturated heterocycles. The second-order valence-electron chi connectivity index (χ2n) is 7.89. The molecule has 0 spiro atoms. The maximum absolute atomic E-state index is 13.4. The first-order valence-corrected chi connectivity index (χ1v) is 11.5. The summed E-state index contributed by atoms with van der Waals surface area (Å²) < 4.78 is 25.1. The minimum atomic E-state index is -0.636. The number of allylic oxidation sites excluding steroid dienone is 1. The molecule has 0 radical (unpaired) electrons. The number of carbonyl (C=O) groups is 3. The molecule has 2 heterocycles. The van der Waals surface area contributed by atoms with Gasteiger partial charge in [-0.15, -0.1) is 0 Å². The summed E-state index contributed by atoms with van der Waals surface area (Å²) in [5, 5.41) is 9.66. The van der Waals surface area contributed by atoms with E-state index in [0.29, 0.717) is 28.9 Å². The first-order chi connectivity index (χ1) is 17.7. The van der Waals surface area contributed by atoms with Crippen molar-refractivity contribution in [3.63, 3.8) is 0 Å². The van der Waals surface area contributed by atoms with Crippen LogP contribution in [0.1, 0.15) is 59.7 Å². The Bertz CT molecular complexity index is 1340. The molecule has 37 heavy (non-hydrogen) atoms. The quantitative estimate of drug-likeness (QED) is 0.316. The number of amides is 2. The van der Waals surface area contributed by atoms with E-state index in [9.17, 15) is 18.8 Å². The molecule has 1 unspecified atom stereocenters. The van der Waals surface area contributed by atoms with Crippen molar-refractivity contribution in [1.29, 1.82) is 0 Å². The van der Waals surface area contributed by atoms with Crippen molar-refractivity contribution >= 4 is 29.4 Å². The van der Waals surface area contributed by atoms with E-state index in [1.54, 1.807) is 42.8 Å². The lowest BCUT2D eigenvalue weighted by Crippen LogP contribution is -2.31. The van der Waals surface area contributed by atoms with E-state index in [-0.39, 0.29) is 29.7 Å². The predicted octanol–water partition coefficient (Wildman–Crippen LogP) is 3.52. The molecule has 0 bridgehead atoms. The molecule has 194 valence electrons. The molecule has 11 heteroatoms. The van der Waals surface area contributed by atoms with Crippen molar-refractivity contribution in [2.75, 3.05) is 13.7 Å². The van der Waals surface area contributed by atoms with Gasteiger partial charge < -0.3 is 19.8 Å². The van der Waals surface area contributed by atoms with Gasteiger partial charge in [-0.3, -0.25) is 14.4 Å². The van der Waals surface area contributed by atoms with E-state index in [1.165, 1.54) is 25.4 Å². The van der Waals surface area contributed by atoms with Gasteiger partial charge in [0.05, 0.1) is 24.7 Å². The molecule has 0 fully saturated rings. The summed E-state index contributed by atoms with van der Waals surface area (Å²) in [5.41, 5.74) is 2.03. The van der Waals surface area contributed by atoms with Crippen molar-refractivity contribution in [3.8, 4) is 5.69 Å². The molecule has 2 amide bonds. The lowest BCUT2D eigenvalue weighted by atomic mass is 10.0. The molecule has 0 aliphatic carbocycles. The van der Waals surface area contributed by atoms with E-state index in [4.69, 9.17) is 4.42 Å². The Morgan fingerprint density at radius 2 is 1.97 bits per heavy atom. The van der Waals surface area contributed by atoms with Gasteiger partial charge in [0.2, 0.25) is 5.89 Å². The Morgan fingerprint density at radius 3 is 2.57 bits per heavy atom. The van der Waals surface area contributed by atoms with Crippen LogP contribution in [0, 0.1) is 12.7 Å². The third kappa shape index (κ3) is 6.00. The average Bonchev–Trinajstić information content (AvgIpc) is 3.50. The minimum Gasteiger partial charge on any atom is -0.468 e. The van der Waals surface area contributed by atoms with Crippen LogP contribution in [-0.4, -0.2) is 46.2 Å². The summed E-state index contributed by atoms with van der Waals surface area (Å²) >= 11 is 0. The molecule has 1 aromatic carbocycles. The molecular formula is C26H28FN5O5. The second-order valence-corrected chi connectivity index (χ2v) is 7.89. The number of hydrogen-bond acceptors (Lipinski definition) is 7. The molecule has 2 N–H and O–H groups in total. The molecule has 10 nitrogen and oxygen atoms in total. The van der Waals surface area contributed by atoms with Crippen LogP contribution in [-0.2, 0) is 14.3 Å². The number of ether oxygens (including phenoxy) is 1. The molecule has 0 saturated carbocycles. The maximum atomic E-state index is 13.4. The van der Waals surface area contributed by atoms with Crippen LogP contribution in [0.2, 0.25) is 0 Å². The van der Waals surface area contributed by atoms with E-state index in [1.807, 2.05) is 6.92 Å². The monoisotopic (exact) mass is 509 g/mol. The Balaban J connectivity index is 1.82. The van der Waals surface area contributed by atoms with Crippen molar-refractivity contribution in [2.24, 2.45) is 0 Å². The molecule has 2 aromatic heterocycles. The number of benzene rings is 1. The maximum Gasteiger partial charge on any atom is 0.325 e. The van der Waals surface area contributed by atoms with Crippen molar-refractivity contribution in [2.45, 2.75) is 33.2 Å². The number of methoxy groups -OCH3 is 1. The number of carbonyl (C=O) groups excluding carboxylic acids is 3. The fourth-order valence-electron chi connectivity index (χ4n) is 3.62. The highest BCUT2D eigenvalue weighted by molar-refractivity contribution is 6.20. The summed E-state index contributed by atoms with van der Waals surface area (Å²) in [7, 11) is 1.22. The van der Waals surface area contributed by atoms with E-state index < -0.39 is 23.8 Å². The van der Waals surface area contributed by atoms with Gasteiger partial charge in [0.25, 0.3) is 11.8 Å². The van der Waals surface area contributed by atoms with Gasteiger partial charge in [-0.05, 0) is 50.6 Å². The number of aromatic nitrogens is 3. The molecular weight excluding hydrogens is 481 g/mol. The zero-order chi connectivity index (χ0) is 27.1. The van der Waals surface area contributed by atoms with Crippen LogP contribution in [0.4, 0.5) is 4.39 Å². The fraction of sp³-hybridized carbons (Fsp3) is 0.269. The van der Waals surface area contributed by atoms with Crippen molar-refractivity contribution in [1.82, 2.24) is 25.4 Å². The van der Waals surface area contributed by atoms with Crippen LogP contribution < -0.4 is 10.6 Å². The van der Waals surface area contributed by atoms with Gasteiger partial charge in [0.15, 0.2) is 5.69 Å². The fourth-order valence-corrected chi connectivity index (χ4v) is 3.62. The number of nitrogens with zero attached hydrogens (tertiary/aromatic N) is 3. The van der Waals surface area contributed by atoms with Gasteiger partial charge in [0, 0.05) is 11.1 Å². The molecule has 1 atom stereocenters. The van der Waals surface area contributed by atoms with Crippen LogP contribution in [0.5, 0.6) is 0 Å². The number of halogens is 1. The highest BCUT2D eigenvalue weighted by Gasteiger charge is 2.26. The summed E-state index contributed by atoms with van der Waals surface area (Å²) in [6.45, 7) is 8.65. The topological polar surface area (TPSA) is 128 Å². The van der Waals surface area contributed by atoms with Gasteiger partial charge in [-0.2, -0.15) is 5.10 Å². The van der Waals surface area contributed by atoms with Gasteiger partial charge in [-0.1, -0.05) is 19.6 Å². The van der Waals surface area contributed by atoms with Gasteiger partial charge in [-0.25, -0.2) is 14.1 Å². The predicted molar refractivity (Wildman–Crippen MR) is 134 cm³/mol. The third-order valence-corrected chi connectivity index (χ3v) is 5.56. The number of hydrogen-bond donors (Lipinski definition) is 2. The normalized spacial score (nSPS) is 12.1. The second kappa shape index (κ2) is 11.9. The number of esters is 1. The zero-order valence-electron chi connectivity index (χ0n) is 21.0. The van der Waals surface area contributed by atoms with Crippen LogP contribution in [0.25, 0.3) is 17.3 Å². The smallest absolute Gasteiger partial charge is 0.325 e. The highest BCUT2D eigenvalue weighted by Crippen LogP contribution is 2.26. The molecule has 3 aromatic rings. The Kier molecular flexibility index (Phi) is 8.72. The Morgan fingerprint density at radius 1 is 1.27 bits per heavy atom.